The third-order valence-electron chi connectivity index (χ3n) is 4.19. The zero-order chi connectivity index (χ0) is 19.8. The molecule has 2 aromatic carbocycles. The topological polar surface area (TPSA) is 60.0 Å². The van der Waals surface area contributed by atoms with Gasteiger partial charge in [-0.15, -0.1) is 0 Å². The Balaban J connectivity index is 1.50. The van der Waals surface area contributed by atoms with Gasteiger partial charge in [0.2, 0.25) is 5.91 Å². The van der Waals surface area contributed by atoms with Crippen LogP contribution in [0, 0.1) is 0 Å². The smallest absolute Gasteiger partial charge is 0.238 e. The Morgan fingerprint density at radius 2 is 1.93 bits per heavy atom. The first-order valence-corrected chi connectivity index (χ1v) is 9.35. The summed E-state index contributed by atoms with van der Waals surface area (Å²) in [4.78, 5) is 14.3. The van der Waals surface area contributed by atoms with E-state index in [0.717, 1.165) is 17.7 Å². The Morgan fingerprint density at radius 3 is 2.68 bits per heavy atom. The molecule has 1 amide bonds. The summed E-state index contributed by atoms with van der Waals surface area (Å²) >= 11 is 0. The molecule has 1 N–H and O–H groups in total. The molecule has 0 bridgehead atoms. The summed E-state index contributed by atoms with van der Waals surface area (Å²) in [7, 11) is 1.91. The van der Waals surface area contributed by atoms with Gasteiger partial charge < -0.3 is 19.5 Å². The quantitative estimate of drug-likeness (QED) is 0.709. The Labute approximate surface area is 165 Å². The van der Waals surface area contributed by atoms with Crippen molar-refractivity contribution in [3.05, 3.63) is 60.7 Å². The Bertz CT molecular complexity index is 805. The second kappa shape index (κ2) is 9.80. The fraction of sp³-hybridized carbons (Fsp3) is 0.318. The minimum atomic E-state index is -0.0806. The molecule has 6 nitrogen and oxygen atoms in total. The molecule has 0 unspecified atom stereocenters. The van der Waals surface area contributed by atoms with Crippen LogP contribution < -0.4 is 19.5 Å². The number of nitrogens with zero attached hydrogens (tertiary/aromatic N) is 1. The summed E-state index contributed by atoms with van der Waals surface area (Å²) in [6.45, 7) is 6.32. The van der Waals surface area contributed by atoms with Gasteiger partial charge in [-0.2, -0.15) is 0 Å². The van der Waals surface area contributed by atoms with Crippen molar-refractivity contribution in [3.8, 4) is 17.2 Å². The molecular weight excluding hydrogens is 356 g/mol. The average Bonchev–Trinajstić information content (AvgIpc) is 2.92. The van der Waals surface area contributed by atoms with E-state index in [1.54, 1.807) is 12.1 Å². The molecule has 1 aliphatic heterocycles. The molecule has 0 fully saturated rings. The van der Waals surface area contributed by atoms with Crippen molar-refractivity contribution in [3.63, 3.8) is 0 Å². The van der Waals surface area contributed by atoms with Gasteiger partial charge >= 0.3 is 0 Å². The first-order valence-electron chi connectivity index (χ1n) is 9.35. The maximum absolute atomic E-state index is 12.4. The van der Waals surface area contributed by atoms with Crippen LogP contribution in [-0.2, 0) is 11.3 Å². The number of hydrogen-bond donors (Lipinski definition) is 1. The van der Waals surface area contributed by atoms with Gasteiger partial charge in [0, 0.05) is 24.7 Å². The number of likely N-dealkylation sites (N-methyl/N-ethyl adjacent to an activating group) is 1. The predicted octanol–water partition coefficient (Wildman–Crippen LogP) is 3.48. The highest BCUT2D eigenvalue weighted by Gasteiger charge is 2.13. The molecule has 0 spiro atoms. The molecule has 0 aliphatic carbocycles. The van der Waals surface area contributed by atoms with Gasteiger partial charge in [-0.25, -0.2) is 0 Å². The highest BCUT2D eigenvalue weighted by atomic mass is 16.5. The molecule has 0 aromatic heterocycles. The van der Waals surface area contributed by atoms with Crippen molar-refractivity contribution in [1.82, 2.24) is 4.90 Å². The van der Waals surface area contributed by atoms with Gasteiger partial charge in [0.25, 0.3) is 0 Å². The SMILES string of the molecule is C=CCOc1ccc(CN(C)CC(=O)Nc2ccc3c(c2)OCCCO3)cc1. The first-order chi connectivity index (χ1) is 13.6. The van der Waals surface area contributed by atoms with Crippen molar-refractivity contribution in [2.24, 2.45) is 0 Å². The molecule has 148 valence electrons. The van der Waals surface area contributed by atoms with Crippen LogP contribution in [-0.4, -0.2) is 44.2 Å². The summed E-state index contributed by atoms with van der Waals surface area (Å²) in [5, 5.41) is 2.92. The largest absolute Gasteiger partial charge is 0.490 e. The fourth-order valence-electron chi connectivity index (χ4n) is 2.90. The lowest BCUT2D eigenvalue weighted by atomic mass is 10.2. The van der Waals surface area contributed by atoms with Crippen LogP contribution in [0.15, 0.2) is 55.1 Å². The van der Waals surface area contributed by atoms with Crippen LogP contribution in [0.1, 0.15) is 12.0 Å². The van der Waals surface area contributed by atoms with Crippen molar-refractivity contribution in [2.75, 3.05) is 38.7 Å². The Hall–Kier alpha value is -2.99. The van der Waals surface area contributed by atoms with Crippen molar-refractivity contribution in [1.29, 1.82) is 0 Å². The number of amides is 1. The lowest BCUT2D eigenvalue weighted by Crippen LogP contribution is -2.29. The van der Waals surface area contributed by atoms with E-state index in [4.69, 9.17) is 14.2 Å². The normalized spacial score (nSPS) is 12.9. The van der Waals surface area contributed by atoms with E-state index < -0.39 is 0 Å². The van der Waals surface area contributed by atoms with E-state index in [9.17, 15) is 4.79 Å². The monoisotopic (exact) mass is 382 g/mol. The second-order valence-electron chi connectivity index (χ2n) is 6.68. The first kappa shape index (κ1) is 19.8. The fourth-order valence-corrected chi connectivity index (χ4v) is 2.90. The highest BCUT2D eigenvalue weighted by Crippen LogP contribution is 2.32. The predicted molar refractivity (Wildman–Crippen MR) is 109 cm³/mol. The maximum atomic E-state index is 12.4. The van der Waals surface area contributed by atoms with E-state index in [-0.39, 0.29) is 12.5 Å². The molecule has 0 saturated heterocycles. The molecule has 28 heavy (non-hydrogen) atoms. The van der Waals surface area contributed by atoms with Crippen LogP contribution in [0.3, 0.4) is 0 Å². The minimum absolute atomic E-state index is 0.0806. The number of fused-ring (bicyclic) bond motifs is 1. The summed E-state index contributed by atoms with van der Waals surface area (Å²) in [5.41, 5.74) is 1.81. The zero-order valence-corrected chi connectivity index (χ0v) is 16.1. The van der Waals surface area contributed by atoms with Crippen LogP contribution in [0.5, 0.6) is 17.2 Å². The molecule has 1 heterocycles. The summed E-state index contributed by atoms with van der Waals surface area (Å²) in [5.74, 6) is 2.11. The third kappa shape index (κ3) is 5.76. The summed E-state index contributed by atoms with van der Waals surface area (Å²) in [6.07, 6.45) is 2.56. The number of rotatable bonds is 8. The number of anilines is 1. The van der Waals surface area contributed by atoms with Gasteiger partial charge in [0.05, 0.1) is 19.8 Å². The van der Waals surface area contributed by atoms with Gasteiger partial charge in [0.1, 0.15) is 12.4 Å². The Kier molecular flexibility index (Phi) is 6.92. The van der Waals surface area contributed by atoms with E-state index in [1.807, 2.05) is 48.3 Å². The molecule has 2 aromatic rings. The van der Waals surface area contributed by atoms with E-state index in [0.29, 0.717) is 43.6 Å². The molecule has 3 rings (SSSR count). The molecule has 0 radical (unpaired) electrons. The van der Waals surface area contributed by atoms with Gasteiger partial charge in [0.15, 0.2) is 11.5 Å². The van der Waals surface area contributed by atoms with Crippen molar-refractivity contribution < 1.29 is 19.0 Å². The highest BCUT2D eigenvalue weighted by molar-refractivity contribution is 5.92. The van der Waals surface area contributed by atoms with Crippen LogP contribution in [0.25, 0.3) is 0 Å². The van der Waals surface area contributed by atoms with E-state index in [1.165, 1.54) is 0 Å². The van der Waals surface area contributed by atoms with Crippen molar-refractivity contribution in [2.45, 2.75) is 13.0 Å². The van der Waals surface area contributed by atoms with Crippen LogP contribution in [0.4, 0.5) is 5.69 Å². The van der Waals surface area contributed by atoms with E-state index in [2.05, 4.69) is 11.9 Å². The van der Waals surface area contributed by atoms with Gasteiger partial charge in [-0.1, -0.05) is 24.8 Å². The van der Waals surface area contributed by atoms with Gasteiger partial charge in [-0.3, -0.25) is 9.69 Å². The molecule has 1 aliphatic rings. The van der Waals surface area contributed by atoms with Crippen molar-refractivity contribution >= 4 is 11.6 Å². The second-order valence-corrected chi connectivity index (χ2v) is 6.68. The molecular formula is C22H26N2O4. The third-order valence-corrected chi connectivity index (χ3v) is 4.19. The van der Waals surface area contributed by atoms with E-state index >= 15 is 0 Å². The number of ether oxygens (including phenoxy) is 3. The molecule has 0 atom stereocenters. The lowest BCUT2D eigenvalue weighted by Gasteiger charge is -2.17. The van der Waals surface area contributed by atoms with Gasteiger partial charge in [-0.05, 0) is 36.9 Å². The average molecular weight is 382 g/mol. The van der Waals surface area contributed by atoms with Crippen LogP contribution in [0.2, 0.25) is 0 Å². The number of carbonyl (C=O) groups excluding carboxylic acids is 1. The zero-order valence-electron chi connectivity index (χ0n) is 16.1. The van der Waals surface area contributed by atoms with Crippen LogP contribution >= 0.6 is 0 Å². The Morgan fingerprint density at radius 1 is 1.18 bits per heavy atom. The number of benzene rings is 2. The summed E-state index contributed by atoms with van der Waals surface area (Å²) in [6, 6.07) is 13.3. The minimum Gasteiger partial charge on any atom is -0.490 e. The maximum Gasteiger partial charge on any atom is 0.238 e. The standard InChI is InChI=1S/C22H26N2O4/c1-3-11-26-19-8-5-17(6-9-19)15-24(2)16-22(25)23-18-7-10-20-21(14-18)28-13-4-12-27-20/h3,5-10,14H,1,4,11-13,15-16H2,2H3,(H,23,25). The summed E-state index contributed by atoms with van der Waals surface area (Å²) < 4.78 is 16.8. The number of nitrogens with one attached hydrogen (secondary N) is 1. The molecule has 0 saturated carbocycles. The molecule has 6 heteroatoms. The number of hydrogen-bond acceptors (Lipinski definition) is 5. The number of carbonyl (C=O) groups is 1. The lowest BCUT2D eigenvalue weighted by molar-refractivity contribution is -0.117.